The zero-order valence-corrected chi connectivity index (χ0v) is 22.3. The van der Waals surface area contributed by atoms with E-state index in [2.05, 4.69) is 45.7 Å². The van der Waals surface area contributed by atoms with Crippen LogP contribution in [-0.2, 0) is 28.9 Å². The van der Waals surface area contributed by atoms with E-state index in [4.69, 9.17) is 9.94 Å². The van der Waals surface area contributed by atoms with Crippen LogP contribution in [0.15, 0.2) is 85.1 Å². The minimum Gasteiger partial charge on any atom is -0.448 e. The predicted octanol–water partition coefficient (Wildman–Crippen LogP) is 5.14. The number of carbonyl (C=O) groups is 2. The third kappa shape index (κ3) is 6.97. The monoisotopic (exact) mass is 538 g/mol. The molecule has 0 saturated heterocycles. The Labute approximate surface area is 233 Å². The van der Waals surface area contributed by atoms with E-state index >= 15 is 0 Å². The zero-order valence-electron chi connectivity index (χ0n) is 22.3. The number of hydrogen-bond acceptors (Lipinski definition) is 5. The molecule has 3 aromatic carbocycles. The van der Waals surface area contributed by atoms with E-state index in [0.29, 0.717) is 13.1 Å². The first kappa shape index (κ1) is 27.2. The lowest BCUT2D eigenvalue weighted by molar-refractivity contribution is -0.124. The molecule has 1 atom stereocenters. The largest absolute Gasteiger partial charge is 0.448 e. The number of rotatable bonds is 11. The first-order valence-electron chi connectivity index (χ1n) is 13.6. The number of fused-ring (bicyclic) bond motifs is 2. The van der Waals surface area contributed by atoms with E-state index in [1.807, 2.05) is 48.5 Å². The van der Waals surface area contributed by atoms with Crippen LogP contribution in [0.4, 0.5) is 4.79 Å². The molecular weight excluding hydrogens is 504 g/mol. The minimum atomic E-state index is -0.575. The van der Waals surface area contributed by atoms with E-state index < -0.39 is 5.91 Å². The second kappa shape index (κ2) is 13.1. The molecule has 0 spiro atoms. The van der Waals surface area contributed by atoms with Crippen molar-refractivity contribution >= 4 is 29.0 Å². The SMILES string of the molecule is O=C(/C=C/c1ccc(CN(CCOC(=O)NC2CCc3ccccc32)CCc2c[nH]c3ccccc23)cc1)NO. The number of alkyl carbamates (subject to hydrolysis) is 1. The molecule has 0 aliphatic heterocycles. The summed E-state index contributed by atoms with van der Waals surface area (Å²) in [6.07, 6.45) is 7.30. The van der Waals surface area contributed by atoms with Crippen LogP contribution < -0.4 is 10.8 Å². The average molecular weight is 539 g/mol. The highest BCUT2D eigenvalue weighted by Crippen LogP contribution is 2.30. The number of nitrogens with one attached hydrogen (secondary N) is 3. The summed E-state index contributed by atoms with van der Waals surface area (Å²) >= 11 is 0. The summed E-state index contributed by atoms with van der Waals surface area (Å²) in [7, 11) is 0. The fourth-order valence-corrected chi connectivity index (χ4v) is 5.25. The molecule has 8 heteroatoms. The summed E-state index contributed by atoms with van der Waals surface area (Å²) < 4.78 is 5.61. The number of hydroxylamine groups is 1. The first-order valence-corrected chi connectivity index (χ1v) is 13.6. The topological polar surface area (TPSA) is 107 Å². The number of aromatic nitrogens is 1. The van der Waals surface area contributed by atoms with Gasteiger partial charge in [-0.25, -0.2) is 10.3 Å². The summed E-state index contributed by atoms with van der Waals surface area (Å²) in [5.74, 6) is -0.575. The van der Waals surface area contributed by atoms with Gasteiger partial charge in [-0.05, 0) is 59.2 Å². The fraction of sp³-hybridized carbons (Fsp3) is 0.250. The van der Waals surface area contributed by atoms with E-state index in [0.717, 1.165) is 42.5 Å². The van der Waals surface area contributed by atoms with E-state index in [1.54, 1.807) is 11.6 Å². The number of carbonyl (C=O) groups excluding carboxylic acids is 2. The summed E-state index contributed by atoms with van der Waals surface area (Å²) in [6.45, 7) is 2.35. The zero-order chi connectivity index (χ0) is 27.7. The third-order valence-corrected chi connectivity index (χ3v) is 7.36. The molecule has 0 bridgehead atoms. The molecule has 1 aromatic heterocycles. The molecule has 1 unspecified atom stereocenters. The van der Waals surface area contributed by atoms with E-state index in [9.17, 15) is 9.59 Å². The quantitative estimate of drug-likeness (QED) is 0.120. The number of aryl methyl sites for hydroxylation is 1. The average Bonchev–Trinajstić information content (AvgIpc) is 3.59. The standard InChI is InChI=1S/C32H34N4O4/c37-31(35-39)16-13-23-9-11-24(12-10-23)22-36(18-17-26-21-33-29-8-4-3-7-28(26)29)19-20-40-32(38)34-30-15-14-25-5-1-2-6-27(25)30/h1-13,16,21,30,33,39H,14-15,17-20,22H2,(H,34,38)(H,35,37)/b16-13+. The molecule has 0 radical (unpaired) electrons. The van der Waals surface area contributed by atoms with E-state index in [1.165, 1.54) is 28.2 Å². The number of aromatic amines is 1. The first-order chi connectivity index (χ1) is 19.6. The van der Waals surface area contributed by atoms with Gasteiger partial charge in [0.1, 0.15) is 6.61 Å². The predicted molar refractivity (Wildman–Crippen MR) is 155 cm³/mol. The van der Waals surface area contributed by atoms with Crippen LogP contribution in [0.25, 0.3) is 17.0 Å². The van der Waals surface area contributed by atoms with Crippen molar-refractivity contribution in [3.63, 3.8) is 0 Å². The molecule has 4 aromatic rings. The van der Waals surface area contributed by atoms with Gasteiger partial charge in [0.2, 0.25) is 0 Å². The fourth-order valence-electron chi connectivity index (χ4n) is 5.25. The number of H-pyrrole nitrogens is 1. The molecule has 0 saturated carbocycles. The van der Waals surface area contributed by atoms with Crippen molar-refractivity contribution in [3.8, 4) is 0 Å². The van der Waals surface area contributed by atoms with Gasteiger partial charge in [-0.3, -0.25) is 14.9 Å². The highest BCUT2D eigenvalue weighted by atomic mass is 16.5. The molecule has 206 valence electrons. The van der Waals surface area contributed by atoms with Crippen molar-refractivity contribution in [2.45, 2.75) is 31.8 Å². The molecule has 40 heavy (non-hydrogen) atoms. The van der Waals surface area contributed by atoms with Crippen LogP contribution >= 0.6 is 0 Å². The minimum absolute atomic E-state index is 0.00214. The van der Waals surface area contributed by atoms with Crippen molar-refractivity contribution in [2.24, 2.45) is 0 Å². The maximum atomic E-state index is 12.6. The third-order valence-electron chi connectivity index (χ3n) is 7.36. The van der Waals surface area contributed by atoms with Gasteiger partial charge in [0.15, 0.2) is 0 Å². The Bertz CT molecular complexity index is 1480. The van der Waals surface area contributed by atoms with Crippen molar-refractivity contribution in [1.82, 2.24) is 20.7 Å². The molecule has 1 heterocycles. The van der Waals surface area contributed by atoms with Crippen LogP contribution in [-0.4, -0.2) is 46.8 Å². The summed E-state index contributed by atoms with van der Waals surface area (Å²) in [4.78, 5) is 29.5. The number of benzene rings is 3. The molecule has 2 amide bonds. The maximum Gasteiger partial charge on any atom is 0.407 e. The van der Waals surface area contributed by atoms with Gasteiger partial charge in [-0.2, -0.15) is 0 Å². The van der Waals surface area contributed by atoms with Gasteiger partial charge in [-0.15, -0.1) is 0 Å². The van der Waals surface area contributed by atoms with Crippen LogP contribution in [0.5, 0.6) is 0 Å². The van der Waals surface area contributed by atoms with Crippen LogP contribution in [0.3, 0.4) is 0 Å². The lowest BCUT2D eigenvalue weighted by Crippen LogP contribution is -2.33. The van der Waals surface area contributed by atoms with Gasteiger partial charge in [0.05, 0.1) is 6.04 Å². The summed E-state index contributed by atoms with van der Waals surface area (Å²) in [6, 6.07) is 24.4. The molecule has 4 N–H and O–H groups in total. The summed E-state index contributed by atoms with van der Waals surface area (Å²) in [5, 5.41) is 12.9. The van der Waals surface area contributed by atoms with Crippen molar-refractivity contribution < 1.29 is 19.5 Å². The number of para-hydroxylation sites is 1. The van der Waals surface area contributed by atoms with Crippen LogP contribution in [0.2, 0.25) is 0 Å². The molecule has 5 rings (SSSR count). The van der Waals surface area contributed by atoms with Gasteiger partial charge >= 0.3 is 6.09 Å². The smallest absolute Gasteiger partial charge is 0.407 e. The summed E-state index contributed by atoms with van der Waals surface area (Å²) in [5.41, 5.74) is 8.38. The number of amides is 2. The van der Waals surface area contributed by atoms with Gasteiger partial charge in [0.25, 0.3) is 5.91 Å². The van der Waals surface area contributed by atoms with Crippen LogP contribution in [0.1, 0.15) is 40.3 Å². The lowest BCUT2D eigenvalue weighted by Gasteiger charge is -2.23. The molecule has 1 aliphatic rings. The molecule has 0 fully saturated rings. The Morgan fingerprint density at radius 2 is 1.82 bits per heavy atom. The van der Waals surface area contributed by atoms with Crippen molar-refractivity contribution in [2.75, 3.05) is 19.7 Å². The number of nitrogens with zero attached hydrogens (tertiary/aromatic N) is 1. The van der Waals surface area contributed by atoms with Crippen molar-refractivity contribution in [1.29, 1.82) is 0 Å². The van der Waals surface area contributed by atoms with Crippen molar-refractivity contribution in [3.05, 3.63) is 113 Å². The number of ether oxygens (including phenoxy) is 1. The normalized spacial score (nSPS) is 14.5. The Hall–Kier alpha value is -4.40. The van der Waals surface area contributed by atoms with Crippen LogP contribution in [0, 0.1) is 0 Å². The second-order valence-electron chi connectivity index (χ2n) is 10.0. The Morgan fingerprint density at radius 1 is 1.02 bits per heavy atom. The van der Waals surface area contributed by atoms with E-state index in [-0.39, 0.29) is 18.7 Å². The van der Waals surface area contributed by atoms with Gasteiger partial charge in [0, 0.05) is 42.8 Å². The van der Waals surface area contributed by atoms with Gasteiger partial charge < -0.3 is 15.0 Å². The molecular formula is C32H34N4O4. The Morgan fingerprint density at radius 3 is 2.67 bits per heavy atom. The molecule has 1 aliphatic carbocycles. The molecule has 8 nitrogen and oxygen atoms in total. The number of hydrogen-bond donors (Lipinski definition) is 4. The highest BCUT2D eigenvalue weighted by Gasteiger charge is 2.24. The highest BCUT2D eigenvalue weighted by molar-refractivity contribution is 5.90. The lowest BCUT2D eigenvalue weighted by atomic mass is 10.1. The van der Waals surface area contributed by atoms with Gasteiger partial charge in [-0.1, -0.05) is 66.7 Å². The Balaban J connectivity index is 1.19. The second-order valence-corrected chi connectivity index (χ2v) is 10.0. The Kier molecular flexibility index (Phi) is 8.90. The maximum absolute atomic E-state index is 12.6.